The van der Waals surface area contributed by atoms with E-state index in [9.17, 15) is 4.79 Å². The van der Waals surface area contributed by atoms with E-state index in [1.54, 1.807) is 0 Å². The molecule has 17 heavy (non-hydrogen) atoms. The monoisotopic (exact) mass is 254 g/mol. The van der Waals surface area contributed by atoms with Gasteiger partial charge in [0.25, 0.3) is 0 Å². The van der Waals surface area contributed by atoms with Crippen LogP contribution in [0.25, 0.3) is 0 Å². The summed E-state index contributed by atoms with van der Waals surface area (Å²) in [6.45, 7) is 6.30. The Morgan fingerprint density at radius 2 is 1.94 bits per heavy atom. The molecular weight excluding hydrogens is 232 g/mol. The fourth-order valence-corrected chi connectivity index (χ4v) is 2.56. The SMILES string of the molecule is CCCCCCCC(=O)c1snnc1C(C)C. The number of hydrogen-bond acceptors (Lipinski definition) is 4. The lowest BCUT2D eigenvalue weighted by atomic mass is 10.0. The average molecular weight is 254 g/mol. The smallest absolute Gasteiger partial charge is 0.176 e. The van der Waals surface area contributed by atoms with Crippen molar-refractivity contribution in [3.63, 3.8) is 0 Å². The first-order valence-corrected chi connectivity index (χ1v) is 7.29. The van der Waals surface area contributed by atoms with Gasteiger partial charge in [0, 0.05) is 6.42 Å². The van der Waals surface area contributed by atoms with Crippen LogP contribution in [0.3, 0.4) is 0 Å². The highest BCUT2D eigenvalue weighted by atomic mass is 32.1. The van der Waals surface area contributed by atoms with E-state index < -0.39 is 0 Å². The minimum atomic E-state index is 0.222. The van der Waals surface area contributed by atoms with Crippen LogP contribution in [0.2, 0.25) is 0 Å². The molecule has 0 unspecified atom stereocenters. The Morgan fingerprint density at radius 1 is 1.24 bits per heavy atom. The normalized spacial score (nSPS) is 11.1. The number of hydrogen-bond donors (Lipinski definition) is 0. The Hall–Kier alpha value is -0.770. The summed E-state index contributed by atoms with van der Waals surface area (Å²) in [5, 5.41) is 4.04. The van der Waals surface area contributed by atoms with Crippen LogP contribution in [-0.2, 0) is 0 Å². The summed E-state index contributed by atoms with van der Waals surface area (Å²) in [5.74, 6) is 0.507. The number of nitrogens with zero attached hydrogens (tertiary/aromatic N) is 2. The zero-order valence-corrected chi connectivity index (χ0v) is 11.8. The molecule has 0 bridgehead atoms. The largest absolute Gasteiger partial charge is 0.293 e. The van der Waals surface area contributed by atoms with Gasteiger partial charge in [-0.2, -0.15) is 0 Å². The van der Waals surface area contributed by atoms with Crippen LogP contribution in [0.5, 0.6) is 0 Å². The lowest BCUT2D eigenvalue weighted by Crippen LogP contribution is -2.02. The lowest BCUT2D eigenvalue weighted by molar-refractivity contribution is 0.0981. The van der Waals surface area contributed by atoms with Crippen molar-refractivity contribution in [2.75, 3.05) is 0 Å². The third kappa shape index (κ3) is 4.54. The van der Waals surface area contributed by atoms with E-state index in [0.717, 1.165) is 23.4 Å². The third-order valence-corrected chi connectivity index (χ3v) is 3.60. The predicted molar refractivity (Wildman–Crippen MR) is 71.7 cm³/mol. The molecular formula is C13H22N2OS. The van der Waals surface area contributed by atoms with Gasteiger partial charge in [0.1, 0.15) is 4.88 Å². The van der Waals surface area contributed by atoms with Crippen LogP contribution in [-0.4, -0.2) is 15.4 Å². The fraction of sp³-hybridized carbons (Fsp3) is 0.769. The molecule has 0 aromatic carbocycles. The van der Waals surface area contributed by atoms with Gasteiger partial charge in [-0.3, -0.25) is 4.79 Å². The first-order valence-electron chi connectivity index (χ1n) is 6.52. The Kier molecular flexibility index (Phi) is 6.34. The molecule has 3 nitrogen and oxygen atoms in total. The summed E-state index contributed by atoms with van der Waals surface area (Å²) < 4.78 is 3.89. The van der Waals surface area contributed by atoms with Crippen molar-refractivity contribution in [2.24, 2.45) is 0 Å². The number of carbonyl (C=O) groups excluding carboxylic acids is 1. The lowest BCUT2D eigenvalue weighted by Gasteiger charge is -2.03. The second-order valence-corrected chi connectivity index (χ2v) is 5.48. The number of rotatable bonds is 8. The van der Waals surface area contributed by atoms with Crippen molar-refractivity contribution in [2.45, 2.75) is 65.2 Å². The van der Waals surface area contributed by atoms with E-state index in [0.29, 0.717) is 6.42 Å². The van der Waals surface area contributed by atoms with Gasteiger partial charge in [-0.05, 0) is 23.9 Å². The summed E-state index contributed by atoms with van der Waals surface area (Å²) in [7, 11) is 0. The summed E-state index contributed by atoms with van der Waals surface area (Å²) in [6, 6.07) is 0. The van der Waals surface area contributed by atoms with Crippen molar-refractivity contribution < 1.29 is 4.79 Å². The van der Waals surface area contributed by atoms with Crippen molar-refractivity contribution in [3.05, 3.63) is 10.6 Å². The van der Waals surface area contributed by atoms with Crippen molar-refractivity contribution in [1.29, 1.82) is 0 Å². The van der Waals surface area contributed by atoms with Gasteiger partial charge < -0.3 is 0 Å². The number of unbranched alkanes of at least 4 members (excludes halogenated alkanes) is 4. The zero-order chi connectivity index (χ0) is 12.7. The van der Waals surface area contributed by atoms with Gasteiger partial charge in [0.2, 0.25) is 0 Å². The predicted octanol–water partition coefficient (Wildman–Crippen LogP) is 4.20. The molecule has 0 saturated heterocycles. The molecule has 1 aromatic heterocycles. The van der Waals surface area contributed by atoms with Crippen molar-refractivity contribution in [3.8, 4) is 0 Å². The maximum absolute atomic E-state index is 12.0. The van der Waals surface area contributed by atoms with Gasteiger partial charge in [-0.15, -0.1) is 5.10 Å². The van der Waals surface area contributed by atoms with Gasteiger partial charge in [-0.1, -0.05) is 50.9 Å². The Morgan fingerprint density at radius 3 is 2.59 bits per heavy atom. The highest BCUT2D eigenvalue weighted by molar-refractivity contribution is 7.08. The Labute approximate surface area is 108 Å². The van der Waals surface area contributed by atoms with Crippen molar-refractivity contribution in [1.82, 2.24) is 9.59 Å². The summed E-state index contributed by atoms with van der Waals surface area (Å²) in [4.78, 5) is 12.8. The van der Waals surface area contributed by atoms with Gasteiger partial charge in [0.05, 0.1) is 5.69 Å². The standard InChI is InChI=1S/C13H22N2OS/c1-4-5-6-7-8-9-11(16)13-12(10(2)3)14-15-17-13/h10H,4-9H2,1-3H3. The van der Waals surface area contributed by atoms with E-state index in [4.69, 9.17) is 0 Å². The number of Topliss-reactive ketones (excluding diaryl/α,β-unsaturated/α-hetero) is 1. The Balaban J connectivity index is 2.39. The highest BCUT2D eigenvalue weighted by Gasteiger charge is 2.17. The zero-order valence-electron chi connectivity index (χ0n) is 11.0. The molecule has 96 valence electrons. The van der Waals surface area contributed by atoms with Crippen LogP contribution >= 0.6 is 11.5 Å². The minimum Gasteiger partial charge on any atom is -0.293 e. The highest BCUT2D eigenvalue weighted by Crippen LogP contribution is 2.22. The first-order chi connectivity index (χ1) is 8.16. The van der Waals surface area contributed by atoms with Crippen LogP contribution in [0.1, 0.15) is 80.6 Å². The van der Waals surface area contributed by atoms with Gasteiger partial charge >= 0.3 is 0 Å². The third-order valence-electron chi connectivity index (χ3n) is 2.82. The number of carbonyl (C=O) groups is 1. The second-order valence-electron chi connectivity index (χ2n) is 4.73. The molecule has 1 rings (SSSR count). The topological polar surface area (TPSA) is 42.9 Å². The van der Waals surface area contributed by atoms with Gasteiger partial charge in [0.15, 0.2) is 5.78 Å². The molecule has 0 radical (unpaired) electrons. The van der Waals surface area contributed by atoms with Gasteiger partial charge in [-0.25, -0.2) is 0 Å². The molecule has 0 amide bonds. The summed E-state index contributed by atoms with van der Waals surface area (Å²) >= 11 is 1.24. The molecule has 4 heteroatoms. The van der Waals surface area contributed by atoms with E-state index >= 15 is 0 Å². The minimum absolute atomic E-state index is 0.222. The van der Waals surface area contributed by atoms with E-state index in [-0.39, 0.29) is 11.7 Å². The maximum Gasteiger partial charge on any atom is 0.176 e. The second kappa shape index (κ2) is 7.54. The van der Waals surface area contributed by atoms with E-state index in [1.807, 2.05) is 0 Å². The molecule has 0 aliphatic rings. The molecule has 0 spiro atoms. The number of ketones is 1. The van der Waals surface area contributed by atoms with E-state index in [2.05, 4.69) is 30.4 Å². The Bertz CT molecular complexity index is 347. The molecule has 0 saturated carbocycles. The first kappa shape index (κ1) is 14.3. The molecule has 0 aliphatic heterocycles. The average Bonchev–Trinajstić information content (AvgIpc) is 2.77. The fourth-order valence-electron chi connectivity index (χ4n) is 1.77. The molecule has 1 aromatic rings. The van der Waals surface area contributed by atoms with Crippen molar-refractivity contribution >= 4 is 17.3 Å². The molecule has 0 N–H and O–H groups in total. The molecule has 0 atom stereocenters. The number of aromatic nitrogens is 2. The van der Waals surface area contributed by atoms with Crippen LogP contribution < -0.4 is 0 Å². The quantitative estimate of drug-likeness (QED) is 0.515. The maximum atomic E-state index is 12.0. The summed E-state index contributed by atoms with van der Waals surface area (Å²) in [5.41, 5.74) is 0.869. The molecule has 0 fully saturated rings. The van der Waals surface area contributed by atoms with Crippen LogP contribution in [0.4, 0.5) is 0 Å². The summed E-state index contributed by atoms with van der Waals surface area (Å²) in [6.07, 6.45) is 6.55. The molecule has 1 heterocycles. The van der Waals surface area contributed by atoms with Crippen LogP contribution in [0, 0.1) is 0 Å². The van der Waals surface area contributed by atoms with E-state index in [1.165, 1.54) is 30.8 Å². The van der Waals surface area contributed by atoms with Crippen LogP contribution in [0.15, 0.2) is 0 Å². The molecule has 0 aliphatic carbocycles.